The molecule has 1 aliphatic heterocycles. The molecule has 2 aromatic carbocycles. The molecule has 0 spiro atoms. The summed E-state index contributed by atoms with van der Waals surface area (Å²) in [5, 5.41) is 11.5. The molecule has 0 saturated carbocycles. The maximum atomic E-state index is 10.4. The predicted molar refractivity (Wildman–Crippen MR) is 129 cm³/mol. The summed E-state index contributed by atoms with van der Waals surface area (Å²) >= 11 is 0. The molecule has 3 heterocycles. The van der Waals surface area contributed by atoms with Crippen molar-refractivity contribution >= 4 is 16.7 Å². The van der Waals surface area contributed by atoms with E-state index in [1.54, 1.807) is 0 Å². The Morgan fingerprint density at radius 3 is 2.45 bits per heavy atom. The average molecular weight is 442 g/mol. The van der Waals surface area contributed by atoms with E-state index in [0.717, 1.165) is 59.8 Å². The minimum atomic E-state index is -0.522. The van der Waals surface area contributed by atoms with Crippen LogP contribution < -0.4 is 9.64 Å². The molecule has 0 aliphatic carbocycles. The first-order valence-corrected chi connectivity index (χ1v) is 11.2. The van der Waals surface area contributed by atoms with Crippen molar-refractivity contribution in [3.05, 3.63) is 79.4 Å². The highest BCUT2D eigenvalue weighted by atomic mass is 16.5. The molecule has 1 fully saturated rings. The van der Waals surface area contributed by atoms with Gasteiger partial charge in [0.15, 0.2) is 0 Å². The van der Waals surface area contributed by atoms with Crippen LogP contribution in [0.25, 0.3) is 22.0 Å². The predicted octanol–water partition coefficient (Wildman–Crippen LogP) is 3.25. The second kappa shape index (κ2) is 9.94. The van der Waals surface area contributed by atoms with Crippen LogP contribution in [0.5, 0.6) is 5.75 Å². The van der Waals surface area contributed by atoms with E-state index in [4.69, 9.17) is 9.72 Å². The standard InChI is InChI=1S/C26H27N5O2/c32-22(18-33-23-6-2-1-3-7-23)17-30-11-13-31(14-12-30)25-10-9-20-5-4-8-24(26(20)29-25)21-15-27-19-28-16-21/h1-10,15-16,19,22,32H,11-14,17-18H2. The van der Waals surface area contributed by atoms with E-state index in [1.807, 2.05) is 48.8 Å². The summed E-state index contributed by atoms with van der Waals surface area (Å²) in [4.78, 5) is 17.9. The number of para-hydroxylation sites is 2. The lowest BCUT2D eigenvalue weighted by Crippen LogP contribution is -2.49. The number of benzene rings is 2. The normalized spacial score (nSPS) is 15.5. The Morgan fingerprint density at radius 1 is 0.879 bits per heavy atom. The van der Waals surface area contributed by atoms with Crippen LogP contribution in [0, 0.1) is 0 Å². The molecule has 7 nitrogen and oxygen atoms in total. The molecule has 2 aromatic heterocycles. The monoisotopic (exact) mass is 441 g/mol. The van der Waals surface area contributed by atoms with Gasteiger partial charge in [-0.05, 0) is 24.3 Å². The van der Waals surface area contributed by atoms with Gasteiger partial charge in [0.05, 0.1) is 5.52 Å². The van der Waals surface area contributed by atoms with Gasteiger partial charge in [0.1, 0.15) is 30.6 Å². The van der Waals surface area contributed by atoms with Crippen molar-refractivity contribution in [3.8, 4) is 16.9 Å². The number of nitrogens with zero attached hydrogens (tertiary/aromatic N) is 5. The van der Waals surface area contributed by atoms with Crippen LogP contribution >= 0.6 is 0 Å². The SMILES string of the molecule is OC(COc1ccccc1)CN1CCN(c2ccc3cccc(-c4cncnc4)c3n2)CC1. The third-order valence-electron chi connectivity index (χ3n) is 5.93. The number of β-amino-alcohol motifs (C(OH)–C–C–N with tert-alkyl or cyclic N) is 1. The van der Waals surface area contributed by atoms with Gasteiger partial charge >= 0.3 is 0 Å². The number of hydrogen-bond acceptors (Lipinski definition) is 7. The molecule has 0 bridgehead atoms. The zero-order valence-corrected chi connectivity index (χ0v) is 18.4. The number of pyridine rings is 1. The summed E-state index contributed by atoms with van der Waals surface area (Å²) < 4.78 is 5.68. The molecule has 1 aliphatic rings. The van der Waals surface area contributed by atoms with Gasteiger partial charge in [-0.15, -0.1) is 0 Å². The first kappa shape index (κ1) is 21.3. The fourth-order valence-corrected chi connectivity index (χ4v) is 4.20. The fourth-order valence-electron chi connectivity index (χ4n) is 4.20. The highest BCUT2D eigenvalue weighted by molar-refractivity contribution is 5.94. The molecule has 1 N–H and O–H groups in total. The molecular formula is C26H27N5O2. The third kappa shape index (κ3) is 5.10. The number of ether oxygens (including phenoxy) is 1. The molecule has 0 radical (unpaired) electrons. The number of piperazine rings is 1. The minimum absolute atomic E-state index is 0.294. The van der Waals surface area contributed by atoms with Crippen molar-refractivity contribution in [3.63, 3.8) is 0 Å². The molecule has 1 saturated heterocycles. The smallest absolute Gasteiger partial charge is 0.129 e. The van der Waals surface area contributed by atoms with Crippen molar-refractivity contribution in [2.45, 2.75) is 6.10 Å². The lowest BCUT2D eigenvalue weighted by atomic mass is 10.0. The third-order valence-corrected chi connectivity index (χ3v) is 5.93. The number of aromatic nitrogens is 3. The summed E-state index contributed by atoms with van der Waals surface area (Å²) in [6, 6.07) is 20.0. The van der Waals surface area contributed by atoms with E-state index in [-0.39, 0.29) is 0 Å². The maximum absolute atomic E-state index is 10.4. The molecule has 168 valence electrons. The van der Waals surface area contributed by atoms with Crippen molar-refractivity contribution in [2.75, 3.05) is 44.2 Å². The maximum Gasteiger partial charge on any atom is 0.129 e. The van der Waals surface area contributed by atoms with Crippen LogP contribution in [0.1, 0.15) is 0 Å². The van der Waals surface area contributed by atoms with E-state index in [2.05, 4.69) is 44.0 Å². The Kier molecular flexibility index (Phi) is 6.41. The largest absolute Gasteiger partial charge is 0.491 e. The Hall–Kier alpha value is -3.55. The quantitative estimate of drug-likeness (QED) is 0.472. The zero-order valence-electron chi connectivity index (χ0n) is 18.4. The van der Waals surface area contributed by atoms with Gasteiger partial charge < -0.3 is 14.7 Å². The lowest BCUT2D eigenvalue weighted by molar-refractivity contribution is 0.0662. The van der Waals surface area contributed by atoms with E-state index in [0.29, 0.717) is 13.2 Å². The van der Waals surface area contributed by atoms with Crippen molar-refractivity contribution in [1.29, 1.82) is 0 Å². The van der Waals surface area contributed by atoms with Gasteiger partial charge in [-0.25, -0.2) is 15.0 Å². The summed E-state index contributed by atoms with van der Waals surface area (Å²) in [6.45, 7) is 4.36. The van der Waals surface area contributed by atoms with Gasteiger partial charge in [0.25, 0.3) is 0 Å². The topological polar surface area (TPSA) is 74.6 Å². The molecule has 7 heteroatoms. The minimum Gasteiger partial charge on any atom is -0.491 e. The number of fused-ring (bicyclic) bond motifs is 1. The summed E-state index contributed by atoms with van der Waals surface area (Å²) in [5.41, 5.74) is 2.96. The molecular weight excluding hydrogens is 414 g/mol. The molecule has 5 rings (SSSR count). The van der Waals surface area contributed by atoms with Crippen LogP contribution in [-0.2, 0) is 0 Å². The Balaban J connectivity index is 1.21. The number of aliphatic hydroxyl groups excluding tert-OH is 1. The van der Waals surface area contributed by atoms with Gasteiger partial charge in [-0.2, -0.15) is 0 Å². The van der Waals surface area contributed by atoms with Crippen LogP contribution in [0.4, 0.5) is 5.82 Å². The van der Waals surface area contributed by atoms with Gasteiger partial charge in [-0.1, -0.05) is 36.4 Å². The number of aliphatic hydroxyl groups is 1. The zero-order chi connectivity index (χ0) is 22.5. The Bertz CT molecular complexity index is 1180. The summed E-state index contributed by atoms with van der Waals surface area (Å²) in [7, 11) is 0. The lowest BCUT2D eigenvalue weighted by Gasteiger charge is -2.36. The number of rotatable bonds is 7. The highest BCUT2D eigenvalue weighted by Crippen LogP contribution is 2.28. The number of anilines is 1. The molecule has 1 unspecified atom stereocenters. The van der Waals surface area contributed by atoms with Crippen molar-refractivity contribution in [1.82, 2.24) is 19.9 Å². The average Bonchev–Trinajstić information content (AvgIpc) is 2.88. The van der Waals surface area contributed by atoms with Gasteiger partial charge in [0, 0.05) is 61.6 Å². The van der Waals surface area contributed by atoms with E-state index in [1.165, 1.54) is 6.33 Å². The van der Waals surface area contributed by atoms with E-state index in [9.17, 15) is 5.11 Å². The number of hydrogen-bond donors (Lipinski definition) is 1. The summed E-state index contributed by atoms with van der Waals surface area (Å²) in [5.74, 6) is 1.75. The van der Waals surface area contributed by atoms with Gasteiger partial charge in [-0.3, -0.25) is 4.90 Å². The van der Waals surface area contributed by atoms with Gasteiger partial charge in [0.2, 0.25) is 0 Å². The Labute approximate surface area is 193 Å². The molecule has 4 aromatic rings. The second-order valence-corrected chi connectivity index (χ2v) is 8.24. The first-order chi connectivity index (χ1) is 16.3. The molecule has 1 atom stereocenters. The first-order valence-electron chi connectivity index (χ1n) is 11.2. The fraction of sp³-hybridized carbons (Fsp3) is 0.269. The van der Waals surface area contributed by atoms with Crippen molar-refractivity contribution < 1.29 is 9.84 Å². The molecule has 0 amide bonds. The summed E-state index contributed by atoms with van der Waals surface area (Å²) in [6.07, 6.45) is 4.66. The highest BCUT2D eigenvalue weighted by Gasteiger charge is 2.21. The van der Waals surface area contributed by atoms with E-state index >= 15 is 0 Å². The van der Waals surface area contributed by atoms with Crippen LogP contribution in [0.2, 0.25) is 0 Å². The second-order valence-electron chi connectivity index (χ2n) is 8.24. The van der Waals surface area contributed by atoms with Crippen molar-refractivity contribution in [2.24, 2.45) is 0 Å². The molecule has 33 heavy (non-hydrogen) atoms. The Morgan fingerprint density at radius 2 is 1.67 bits per heavy atom. The van der Waals surface area contributed by atoms with Crippen LogP contribution in [0.15, 0.2) is 79.4 Å². The van der Waals surface area contributed by atoms with E-state index < -0.39 is 6.10 Å². The van der Waals surface area contributed by atoms with Crippen LogP contribution in [-0.4, -0.2) is 70.4 Å². The van der Waals surface area contributed by atoms with Crippen LogP contribution in [0.3, 0.4) is 0 Å².